The number of esters is 1. The maximum absolute atomic E-state index is 12.0. The zero-order valence-corrected chi connectivity index (χ0v) is 11.0. The van der Waals surface area contributed by atoms with E-state index in [9.17, 15) is 13.2 Å². The van der Waals surface area contributed by atoms with Gasteiger partial charge in [-0.05, 0) is 12.1 Å². The summed E-state index contributed by atoms with van der Waals surface area (Å²) >= 11 is 5.80. The number of carbonyl (C=O) groups is 1. The summed E-state index contributed by atoms with van der Waals surface area (Å²) in [7, 11) is -1.29. The van der Waals surface area contributed by atoms with Crippen LogP contribution in [0.5, 0.6) is 0 Å². The van der Waals surface area contributed by atoms with E-state index >= 15 is 0 Å². The number of nitrogens with zero attached hydrogens (tertiary/aromatic N) is 1. The Morgan fingerprint density at radius 1 is 1.41 bits per heavy atom. The average Bonchev–Trinajstić information content (AvgIpc) is 2.29. The topological polar surface area (TPSA) is 63.7 Å². The molecule has 0 saturated heterocycles. The van der Waals surface area contributed by atoms with Crippen molar-refractivity contribution in [2.75, 3.05) is 20.7 Å². The predicted molar refractivity (Wildman–Crippen MR) is 63.3 cm³/mol. The lowest BCUT2D eigenvalue weighted by Gasteiger charge is -2.16. The van der Waals surface area contributed by atoms with Crippen LogP contribution in [-0.4, -0.2) is 39.4 Å². The van der Waals surface area contributed by atoms with Crippen molar-refractivity contribution in [2.24, 2.45) is 0 Å². The van der Waals surface area contributed by atoms with E-state index in [4.69, 9.17) is 11.6 Å². The molecular formula is C10H12ClNO4S. The summed E-state index contributed by atoms with van der Waals surface area (Å²) in [6.45, 7) is -0.357. The van der Waals surface area contributed by atoms with E-state index in [1.54, 1.807) is 12.1 Å². The number of ether oxygens (including phenoxy) is 1. The fourth-order valence-electron chi connectivity index (χ4n) is 1.15. The Hall–Kier alpha value is -1.11. The van der Waals surface area contributed by atoms with Crippen LogP contribution >= 0.6 is 11.6 Å². The van der Waals surface area contributed by atoms with Crippen molar-refractivity contribution in [2.45, 2.75) is 4.90 Å². The third-order valence-corrected chi connectivity index (χ3v) is 4.41. The molecule has 1 aromatic rings. The Bertz CT molecular complexity index is 515. The van der Waals surface area contributed by atoms with Crippen molar-refractivity contribution in [1.82, 2.24) is 4.31 Å². The number of rotatable bonds is 4. The van der Waals surface area contributed by atoms with Gasteiger partial charge in [0, 0.05) is 7.05 Å². The van der Waals surface area contributed by atoms with Gasteiger partial charge in [-0.3, -0.25) is 4.79 Å². The first-order valence-electron chi connectivity index (χ1n) is 4.67. The molecule has 0 unspecified atom stereocenters. The van der Waals surface area contributed by atoms with Crippen molar-refractivity contribution in [3.05, 3.63) is 29.3 Å². The molecule has 1 aromatic carbocycles. The van der Waals surface area contributed by atoms with Gasteiger partial charge in [-0.25, -0.2) is 8.42 Å². The van der Waals surface area contributed by atoms with E-state index in [1.807, 2.05) is 0 Å². The Morgan fingerprint density at radius 2 is 2.00 bits per heavy atom. The molecule has 0 atom stereocenters. The number of hydrogen-bond donors (Lipinski definition) is 0. The minimum Gasteiger partial charge on any atom is -0.468 e. The van der Waals surface area contributed by atoms with Gasteiger partial charge in [0.2, 0.25) is 10.0 Å². The zero-order valence-electron chi connectivity index (χ0n) is 9.38. The van der Waals surface area contributed by atoms with Crippen molar-refractivity contribution in [3.8, 4) is 0 Å². The van der Waals surface area contributed by atoms with Crippen LogP contribution in [0.3, 0.4) is 0 Å². The third-order valence-electron chi connectivity index (χ3n) is 2.10. The van der Waals surface area contributed by atoms with Crippen LogP contribution in [0.4, 0.5) is 0 Å². The van der Waals surface area contributed by atoms with E-state index < -0.39 is 16.0 Å². The van der Waals surface area contributed by atoms with E-state index in [0.29, 0.717) is 0 Å². The monoisotopic (exact) mass is 277 g/mol. The fourth-order valence-corrected chi connectivity index (χ4v) is 2.76. The van der Waals surface area contributed by atoms with Gasteiger partial charge in [0.05, 0.1) is 12.1 Å². The summed E-state index contributed by atoms with van der Waals surface area (Å²) in [5, 5.41) is 0.115. The summed E-state index contributed by atoms with van der Waals surface area (Å²) in [5.74, 6) is -0.636. The summed E-state index contributed by atoms with van der Waals surface area (Å²) < 4.78 is 29.4. The molecule has 0 fully saturated rings. The lowest BCUT2D eigenvalue weighted by molar-refractivity contribution is -0.140. The highest BCUT2D eigenvalue weighted by Gasteiger charge is 2.25. The fraction of sp³-hybridized carbons (Fsp3) is 0.300. The molecule has 0 aromatic heterocycles. The molecule has 1 rings (SSSR count). The molecule has 0 N–H and O–H groups in total. The number of benzene rings is 1. The first-order valence-corrected chi connectivity index (χ1v) is 6.49. The molecule has 94 valence electrons. The Labute approximate surface area is 105 Å². The SMILES string of the molecule is COC(=O)CN(C)S(=O)(=O)c1ccccc1Cl. The molecular weight excluding hydrogens is 266 g/mol. The highest BCUT2D eigenvalue weighted by atomic mass is 35.5. The van der Waals surface area contributed by atoms with Gasteiger partial charge in [0.1, 0.15) is 11.4 Å². The number of carbonyl (C=O) groups excluding carboxylic acids is 1. The third kappa shape index (κ3) is 3.18. The second kappa shape index (κ2) is 5.48. The molecule has 5 nitrogen and oxygen atoms in total. The minimum atomic E-state index is -3.77. The molecule has 0 heterocycles. The maximum atomic E-state index is 12.0. The molecule has 7 heteroatoms. The maximum Gasteiger partial charge on any atom is 0.321 e. The molecule has 0 spiro atoms. The van der Waals surface area contributed by atoms with Gasteiger partial charge < -0.3 is 4.74 Å². The number of sulfonamides is 1. The Balaban J connectivity index is 3.04. The second-order valence-electron chi connectivity index (χ2n) is 3.27. The van der Waals surface area contributed by atoms with Gasteiger partial charge >= 0.3 is 5.97 Å². The van der Waals surface area contributed by atoms with E-state index in [1.165, 1.54) is 26.3 Å². The van der Waals surface area contributed by atoms with Gasteiger partial charge in [-0.15, -0.1) is 0 Å². The molecule has 0 aliphatic heterocycles. The second-order valence-corrected chi connectivity index (χ2v) is 5.69. The van der Waals surface area contributed by atoms with Crippen LogP contribution in [0.15, 0.2) is 29.2 Å². The summed E-state index contributed by atoms with van der Waals surface area (Å²) in [4.78, 5) is 11.0. The highest BCUT2D eigenvalue weighted by Crippen LogP contribution is 2.23. The largest absolute Gasteiger partial charge is 0.468 e. The first-order chi connectivity index (χ1) is 7.89. The predicted octanol–water partition coefficient (Wildman–Crippen LogP) is 1.13. The summed E-state index contributed by atoms with van der Waals surface area (Å²) in [5.41, 5.74) is 0. The van der Waals surface area contributed by atoms with Crippen LogP contribution in [0.25, 0.3) is 0 Å². The molecule has 0 aliphatic carbocycles. The van der Waals surface area contributed by atoms with Gasteiger partial charge in [-0.2, -0.15) is 4.31 Å². The Morgan fingerprint density at radius 3 is 2.53 bits per heavy atom. The van der Waals surface area contributed by atoms with E-state index in [-0.39, 0.29) is 16.5 Å². The minimum absolute atomic E-state index is 0.0342. The summed E-state index contributed by atoms with van der Waals surface area (Å²) in [6, 6.07) is 6.04. The normalized spacial score (nSPS) is 11.5. The number of hydrogen-bond acceptors (Lipinski definition) is 4. The van der Waals surface area contributed by atoms with Crippen LogP contribution in [0.2, 0.25) is 5.02 Å². The van der Waals surface area contributed by atoms with Crippen molar-refractivity contribution in [1.29, 1.82) is 0 Å². The zero-order chi connectivity index (χ0) is 13.1. The van der Waals surface area contributed by atoms with Crippen molar-refractivity contribution in [3.63, 3.8) is 0 Å². The van der Waals surface area contributed by atoms with E-state index in [2.05, 4.69) is 4.74 Å². The molecule has 0 radical (unpaired) electrons. The van der Waals surface area contributed by atoms with Crippen molar-refractivity contribution >= 4 is 27.6 Å². The lowest BCUT2D eigenvalue weighted by Crippen LogP contribution is -2.32. The number of methoxy groups -OCH3 is 1. The van der Waals surface area contributed by atoms with Crippen LogP contribution < -0.4 is 0 Å². The highest BCUT2D eigenvalue weighted by molar-refractivity contribution is 7.89. The lowest BCUT2D eigenvalue weighted by atomic mass is 10.4. The smallest absolute Gasteiger partial charge is 0.321 e. The van der Waals surface area contributed by atoms with Crippen LogP contribution in [-0.2, 0) is 19.6 Å². The van der Waals surface area contributed by atoms with E-state index in [0.717, 1.165) is 4.31 Å². The summed E-state index contributed by atoms with van der Waals surface area (Å²) in [6.07, 6.45) is 0. The number of likely N-dealkylation sites (N-methyl/N-ethyl adjacent to an activating group) is 1. The molecule has 0 amide bonds. The molecule has 0 saturated carbocycles. The molecule has 17 heavy (non-hydrogen) atoms. The van der Waals surface area contributed by atoms with Crippen molar-refractivity contribution < 1.29 is 17.9 Å². The Kier molecular flexibility index (Phi) is 4.50. The quantitative estimate of drug-likeness (QED) is 0.774. The average molecular weight is 278 g/mol. The standard InChI is InChI=1S/C10H12ClNO4S/c1-12(7-10(13)16-2)17(14,15)9-6-4-3-5-8(9)11/h3-6H,7H2,1-2H3. The first kappa shape index (κ1) is 14.0. The van der Waals surface area contributed by atoms with Gasteiger partial charge in [0.15, 0.2) is 0 Å². The van der Waals surface area contributed by atoms with Gasteiger partial charge in [0.25, 0.3) is 0 Å². The van der Waals surface area contributed by atoms with Crippen LogP contribution in [0, 0.1) is 0 Å². The van der Waals surface area contributed by atoms with Crippen LogP contribution in [0.1, 0.15) is 0 Å². The number of halogens is 1. The van der Waals surface area contributed by atoms with Gasteiger partial charge in [-0.1, -0.05) is 23.7 Å². The molecule has 0 bridgehead atoms. The molecule has 0 aliphatic rings.